The maximum Gasteiger partial charge on any atom is 0.270 e. The Labute approximate surface area is 136 Å². The van der Waals surface area contributed by atoms with Gasteiger partial charge in [-0.25, -0.2) is 8.42 Å². The average Bonchev–Trinajstić information content (AvgIpc) is 2.47. The van der Waals surface area contributed by atoms with Gasteiger partial charge in [-0.1, -0.05) is 6.07 Å². The predicted octanol–water partition coefficient (Wildman–Crippen LogP) is 1.76. The van der Waals surface area contributed by atoms with Gasteiger partial charge in [0, 0.05) is 31.3 Å². The Morgan fingerprint density at radius 1 is 1.45 bits per heavy atom. The van der Waals surface area contributed by atoms with Gasteiger partial charge in [0.25, 0.3) is 5.69 Å². The molecule has 2 N–H and O–H groups in total. The first-order chi connectivity index (χ1) is 9.82. The van der Waals surface area contributed by atoms with E-state index in [0.717, 1.165) is 18.9 Å². The first-order valence-corrected chi connectivity index (χ1v) is 8.26. The van der Waals surface area contributed by atoms with Crippen LogP contribution in [0.4, 0.5) is 5.69 Å². The van der Waals surface area contributed by atoms with Crippen molar-refractivity contribution >= 4 is 28.1 Å². The van der Waals surface area contributed by atoms with Crippen LogP contribution in [-0.2, 0) is 10.0 Å². The zero-order valence-corrected chi connectivity index (χ0v) is 13.8. The molecule has 0 amide bonds. The fourth-order valence-electron chi connectivity index (χ4n) is 2.53. The van der Waals surface area contributed by atoms with Gasteiger partial charge in [-0.15, -0.1) is 12.4 Å². The van der Waals surface area contributed by atoms with E-state index in [1.807, 2.05) is 6.92 Å². The van der Waals surface area contributed by atoms with E-state index >= 15 is 0 Å². The summed E-state index contributed by atoms with van der Waals surface area (Å²) in [5.74, 6) is 0.118. The van der Waals surface area contributed by atoms with Crippen LogP contribution in [0.3, 0.4) is 0 Å². The second kappa shape index (κ2) is 7.36. The number of halogens is 1. The standard InChI is InChI=1S/C13H19N3O4S.ClH/c1-10(14)11-4-3-7-15(9-11)21(19,20)13-6-2-5-12(8-13)16(17)18;/h2,5-6,8,10-11H,3-4,7,9,14H2,1H3;1H. The van der Waals surface area contributed by atoms with Gasteiger partial charge in [0.15, 0.2) is 0 Å². The number of nitro benzene ring substituents is 1. The Morgan fingerprint density at radius 3 is 2.73 bits per heavy atom. The summed E-state index contributed by atoms with van der Waals surface area (Å²) in [6.45, 7) is 2.66. The summed E-state index contributed by atoms with van der Waals surface area (Å²) < 4.78 is 26.6. The summed E-state index contributed by atoms with van der Waals surface area (Å²) in [5, 5.41) is 10.8. The van der Waals surface area contributed by atoms with Crippen molar-refractivity contribution < 1.29 is 13.3 Å². The highest BCUT2D eigenvalue weighted by atomic mass is 35.5. The lowest BCUT2D eigenvalue weighted by Gasteiger charge is -2.33. The third-order valence-corrected chi connectivity index (χ3v) is 5.69. The molecule has 1 aliphatic rings. The Bertz CT molecular complexity index is 636. The summed E-state index contributed by atoms with van der Waals surface area (Å²) in [7, 11) is -3.71. The van der Waals surface area contributed by atoms with Gasteiger partial charge in [0.2, 0.25) is 10.0 Å². The summed E-state index contributed by atoms with van der Waals surface area (Å²) in [6.07, 6.45) is 1.65. The number of piperidine rings is 1. The number of nitrogens with zero attached hydrogens (tertiary/aromatic N) is 2. The fourth-order valence-corrected chi connectivity index (χ4v) is 4.10. The lowest BCUT2D eigenvalue weighted by molar-refractivity contribution is -0.385. The molecule has 1 saturated heterocycles. The van der Waals surface area contributed by atoms with E-state index in [1.165, 1.54) is 22.5 Å². The van der Waals surface area contributed by atoms with Gasteiger partial charge in [-0.3, -0.25) is 10.1 Å². The monoisotopic (exact) mass is 349 g/mol. The molecule has 124 valence electrons. The lowest BCUT2D eigenvalue weighted by Crippen LogP contribution is -2.44. The van der Waals surface area contributed by atoms with Crippen molar-refractivity contribution in [2.24, 2.45) is 11.7 Å². The number of non-ortho nitro benzene ring substituents is 1. The van der Waals surface area contributed by atoms with E-state index in [9.17, 15) is 18.5 Å². The minimum absolute atomic E-state index is 0. The second-order valence-corrected chi connectivity index (χ2v) is 7.32. The molecule has 0 aliphatic carbocycles. The highest BCUT2D eigenvalue weighted by Crippen LogP contribution is 2.26. The maximum atomic E-state index is 12.6. The lowest BCUT2D eigenvalue weighted by atomic mass is 9.93. The molecule has 1 fully saturated rings. The van der Waals surface area contributed by atoms with Crippen molar-refractivity contribution in [2.45, 2.75) is 30.7 Å². The number of sulfonamides is 1. The molecule has 0 aromatic heterocycles. The highest BCUT2D eigenvalue weighted by Gasteiger charge is 2.32. The van der Waals surface area contributed by atoms with Crippen LogP contribution < -0.4 is 5.73 Å². The molecule has 22 heavy (non-hydrogen) atoms. The Balaban J connectivity index is 0.00000242. The normalized spacial score (nSPS) is 20.9. The zero-order valence-electron chi connectivity index (χ0n) is 12.2. The van der Waals surface area contributed by atoms with Crippen LogP contribution in [0.5, 0.6) is 0 Å². The van der Waals surface area contributed by atoms with E-state index in [0.29, 0.717) is 13.1 Å². The number of benzene rings is 1. The zero-order chi connectivity index (χ0) is 15.6. The number of nitro groups is 1. The van der Waals surface area contributed by atoms with E-state index in [-0.39, 0.29) is 34.9 Å². The van der Waals surface area contributed by atoms with Crippen molar-refractivity contribution in [3.05, 3.63) is 34.4 Å². The molecule has 7 nitrogen and oxygen atoms in total. The molecule has 0 spiro atoms. The largest absolute Gasteiger partial charge is 0.328 e. The number of nitrogens with two attached hydrogens (primary N) is 1. The van der Waals surface area contributed by atoms with Crippen LogP contribution in [-0.4, -0.2) is 36.8 Å². The van der Waals surface area contributed by atoms with E-state index in [4.69, 9.17) is 5.73 Å². The molecule has 1 aromatic rings. The van der Waals surface area contributed by atoms with Crippen molar-refractivity contribution in [3.8, 4) is 0 Å². The van der Waals surface area contributed by atoms with Crippen molar-refractivity contribution in [1.29, 1.82) is 0 Å². The third kappa shape index (κ3) is 3.95. The molecule has 2 atom stereocenters. The molecular weight excluding hydrogens is 330 g/mol. The van der Waals surface area contributed by atoms with Crippen molar-refractivity contribution in [3.63, 3.8) is 0 Å². The summed E-state index contributed by atoms with van der Waals surface area (Å²) in [4.78, 5) is 10.1. The van der Waals surface area contributed by atoms with Gasteiger partial charge in [-0.2, -0.15) is 4.31 Å². The molecule has 1 heterocycles. The number of rotatable bonds is 4. The molecule has 9 heteroatoms. The van der Waals surface area contributed by atoms with Crippen molar-refractivity contribution in [1.82, 2.24) is 4.31 Å². The Morgan fingerprint density at radius 2 is 2.14 bits per heavy atom. The quantitative estimate of drug-likeness (QED) is 0.658. The fraction of sp³-hybridized carbons (Fsp3) is 0.538. The third-order valence-electron chi connectivity index (χ3n) is 3.83. The predicted molar refractivity (Wildman–Crippen MR) is 85.5 cm³/mol. The second-order valence-electron chi connectivity index (χ2n) is 5.38. The van der Waals surface area contributed by atoms with Crippen LogP contribution >= 0.6 is 12.4 Å². The van der Waals surface area contributed by atoms with Gasteiger partial charge in [0.05, 0.1) is 9.82 Å². The molecule has 0 saturated carbocycles. The minimum atomic E-state index is -3.71. The van der Waals surface area contributed by atoms with Gasteiger partial charge in [-0.05, 0) is 31.7 Å². The summed E-state index contributed by atoms with van der Waals surface area (Å²) in [6, 6.07) is 5.08. The van der Waals surface area contributed by atoms with Crippen LogP contribution in [0.15, 0.2) is 29.2 Å². The topological polar surface area (TPSA) is 107 Å². The van der Waals surface area contributed by atoms with Crippen LogP contribution in [0.1, 0.15) is 19.8 Å². The molecular formula is C13H20ClN3O4S. The van der Waals surface area contributed by atoms with Crippen molar-refractivity contribution in [2.75, 3.05) is 13.1 Å². The first kappa shape index (κ1) is 18.8. The molecule has 1 aromatic carbocycles. The van der Waals surface area contributed by atoms with Crippen LogP contribution in [0.25, 0.3) is 0 Å². The van der Waals surface area contributed by atoms with E-state index in [2.05, 4.69) is 0 Å². The Kier molecular flexibility index (Phi) is 6.30. The SMILES string of the molecule is CC(N)C1CCCN(S(=O)(=O)c2cccc([N+](=O)[O-])c2)C1.Cl. The summed E-state index contributed by atoms with van der Waals surface area (Å²) in [5.41, 5.74) is 5.64. The maximum absolute atomic E-state index is 12.6. The highest BCUT2D eigenvalue weighted by molar-refractivity contribution is 7.89. The number of hydrogen-bond acceptors (Lipinski definition) is 5. The van der Waals surface area contributed by atoms with Crippen LogP contribution in [0.2, 0.25) is 0 Å². The molecule has 1 aliphatic heterocycles. The molecule has 0 bridgehead atoms. The average molecular weight is 350 g/mol. The molecule has 0 radical (unpaired) electrons. The van der Waals surface area contributed by atoms with Crippen LogP contribution in [0, 0.1) is 16.0 Å². The molecule has 2 unspecified atom stereocenters. The smallest absolute Gasteiger partial charge is 0.270 e. The Hall–Kier alpha value is -1.22. The molecule has 2 rings (SSSR count). The van der Waals surface area contributed by atoms with E-state index < -0.39 is 14.9 Å². The van der Waals surface area contributed by atoms with Gasteiger partial charge >= 0.3 is 0 Å². The first-order valence-electron chi connectivity index (χ1n) is 6.82. The summed E-state index contributed by atoms with van der Waals surface area (Å²) >= 11 is 0. The minimum Gasteiger partial charge on any atom is -0.328 e. The number of hydrogen-bond donors (Lipinski definition) is 1. The van der Waals surface area contributed by atoms with E-state index in [1.54, 1.807) is 0 Å². The van der Waals surface area contributed by atoms with Gasteiger partial charge < -0.3 is 5.73 Å². The van der Waals surface area contributed by atoms with Gasteiger partial charge in [0.1, 0.15) is 0 Å².